The van der Waals surface area contributed by atoms with Gasteiger partial charge in [0.2, 0.25) is 5.91 Å². The Balaban J connectivity index is 1.91. The van der Waals surface area contributed by atoms with E-state index in [1.807, 2.05) is 0 Å². The van der Waals surface area contributed by atoms with Crippen LogP contribution in [0, 0.1) is 17.7 Å². The van der Waals surface area contributed by atoms with Crippen LogP contribution in [0.4, 0.5) is 10.1 Å². The van der Waals surface area contributed by atoms with Crippen molar-refractivity contribution in [3.63, 3.8) is 0 Å². The monoisotopic (exact) mass is 250 g/mol. The molecule has 0 unspecified atom stereocenters. The van der Waals surface area contributed by atoms with Crippen molar-refractivity contribution in [1.29, 1.82) is 0 Å². The van der Waals surface area contributed by atoms with Crippen molar-refractivity contribution in [2.24, 2.45) is 17.6 Å². The highest BCUT2D eigenvalue weighted by Crippen LogP contribution is 2.29. The van der Waals surface area contributed by atoms with Crippen LogP contribution in [-0.2, 0) is 4.79 Å². The van der Waals surface area contributed by atoms with E-state index in [2.05, 4.69) is 5.32 Å². The van der Waals surface area contributed by atoms with Crippen molar-refractivity contribution in [1.82, 2.24) is 0 Å². The summed E-state index contributed by atoms with van der Waals surface area (Å²) in [4.78, 5) is 12.0. The lowest BCUT2D eigenvalue weighted by Crippen LogP contribution is -2.29. The van der Waals surface area contributed by atoms with E-state index in [4.69, 9.17) is 5.73 Å². The first-order valence-electron chi connectivity index (χ1n) is 6.46. The Bertz CT molecular complexity index is 414. The maximum atomic E-state index is 13.4. The van der Waals surface area contributed by atoms with Gasteiger partial charge in [0.05, 0.1) is 5.69 Å². The number of nitrogens with two attached hydrogens (primary N) is 1. The van der Waals surface area contributed by atoms with Crippen LogP contribution in [0.1, 0.15) is 25.7 Å². The SMILES string of the molecule is NCC1CCC(C(=O)Nc2ccccc2F)CC1. The van der Waals surface area contributed by atoms with Crippen LogP contribution in [0.25, 0.3) is 0 Å². The molecule has 0 radical (unpaired) electrons. The fourth-order valence-electron chi connectivity index (χ4n) is 2.46. The van der Waals surface area contributed by atoms with Crippen LogP contribution in [0.2, 0.25) is 0 Å². The third-order valence-electron chi connectivity index (χ3n) is 3.68. The van der Waals surface area contributed by atoms with Crippen molar-refractivity contribution < 1.29 is 9.18 Å². The van der Waals surface area contributed by atoms with Crippen LogP contribution in [0.3, 0.4) is 0 Å². The third-order valence-corrected chi connectivity index (χ3v) is 3.68. The summed E-state index contributed by atoms with van der Waals surface area (Å²) in [7, 11) is 0. The first-order chi connectivity index (χ1) is 8.70. The van der Waals surface area contributed by atoms with Gasteiger partial charge in [0, 0.05) is 5.92 Å². The quantitative estimate of drug-likeness (QED) is 0.866. The molecule has 0 spiro atoms. The molecule has 1 aliphatic rings. The number of halogens is 1. The Morgan fingerprint density at radius 3 is 2.56 bits per heavy atom. The highest BCUT2D eigenvalue weighted by atomic mass is 19.1. The summed E-state index contributed by atoms with van der Waals surface area (Å²) in [5, 5.41) is 2.67. The molecule has 18 heavy (non-hydrogen) atoms. The standard InChI is InChI=1S/C14H19FN2O/c15-12-3-1-2-4-13(12)17-14(18)11-7-5-10(9-16)6-8-11/h1-4,10-11H,5-9,16H2,(H,17,18). The number of para-hydroxylation sites is 1. The molecule has 1 aromatic rings. The summed E-state index contributed by atoms with van der Waals surface area (Å²) in [6, 6.07) is 6.25. The van der Waals surface area contributed by atoms with E-state index in [1.54, 1.807) is 18.2 Å². The van der Waals surface area contributed by atoms with Crippen LogP contribution >= 0.6 is 0 Å². The van der Waals surface area contributed by atoms with Gasteiger partial charge in [-0.25, -0.2) is 4.39 Å². The van der Waals surface area contributed by atoms with Crippen LogP contribution in [0.15, 0.2) is 24.3 Å². The van der Waals surface area contributed by atoms with Crippen LogP contribution < -0.4 is 11.1 Å². The second-order valence-corrected chi connectivity index (χ2v) is 4.92. The number of benzene rings is 1. The van der Waals surface area contributed by atoms with E-state index in [0.717, 1.165) is 25.7 Å². The number of anilines is 1. The maximum absolute atomic E-state index is 13.4. The first-order valence-corrected chi connectivity index (χ1v) is 6.46. The molecule has 3 N–H and O–H groups in total. The second kappa shape index (κ2) is 5.96. The molecule has 0 saturated heterocycles. The van der Waals surface area contributed by atoms with Gasteiger partial charge < -0.3 is 11.1 Å². The van der Waals surface area contributed by atoms with E-state index in [0.29, 0.717) is 12.5 Å². The van der Waals surface area contributed by atoms with Gasteiger partial charge in [0.15, 0.2) is 0 Å². The van der Waals surface area contributed by atoms with Gasteiger partial charge in [-0.05, 0) is 50.3 Å². The van der Waals surface area contributed by atoms with E-state index in [1.165, 1.54) is 6.07 Å². The molecule has 1 amide bonds. The molecule has 0 bridgehead atoms. The fraction of sp³-hybridized carbons (Fsp3) is 0.500. The lowest BCUT2D eigenvalue weighted by molar-refractivity contribution is -0.121. The summed E-state index contributed by atoms with van der Waals surface area (Å²) in [6.07, 6.45) is 3.68. The lowest BCUT2D eigenvalue weighted by atomic mass is 9.81. The number of hydrogen-bond acceptors (Lipinski definition) is 2. The predicted molar refractivity (Wildman–Crippen MR) is 69.5 cm³/mol. The molecule has 0 atom stereocenters. The van der Waals surface area contributed by atoms with Gasteiger partial charge in [-0.2, -0.15) is 0 Å². The fourth-order valence-corrected chi connectivity index (χ4v) is 2.46. The van der Waals surface area contributed by atoms with Crippen molar-refractivity contribution in [2.75, 3.05) is 11.9 Å². The number of hydrogen-bond donors (Lipinski definition) is 2. The maximum Gasteiger partial charge on any atom is 0.227 e. The summed E-state index contributed by atoms with van der Waals surface area (Å²) in [5.74, 6) is 0.0759. The molecule has 3 nitrogen and oxygen atoms in total. The largest absolute Gasteiger partial charge is 0.330 e. The topological polar surface area (TPSA) is 55.1 Å². The molecule has 0 aromatic heterocycles. The van der Waals surface area contributed by atoms with Gasteiger partial charge >= 0.3 is 0 Å². The van der Waals surface area contributed by atoms with Gasteiger partial charge in [0.1, 0.15) is 5.82 Å². The lowest BCUT2D eigenvalue weighted by Gasteiger charge is -2.26. The normalized spacial score (nSPS) is 23.7. The number of carbonyl (C=O) groups is 1. The minimum absolute atomic E-state index is 0.00703. The Morgan fingerprint density at radius 1 is 1.28 bits per heavy atom. The van der Waals surface area contributed by atoms with E-state index < -0.39 is 0 Å². The van der Waals surface area contributed by atoms with E-state index in [-0.39, 0.29) is 23.3 Å². The summed E-state index contributed by atoms with van der Waals surface area (Å²) >= 11 is 0. The first kappa shape index (κ1) is 13.0. The molecule has 1 aliphatic carbocycles. The molecular formula is C14H19FN2O. The number of rotatable bonds is 3. The Hall–Kier alpha value is -1.42. The zero-order valence-corrected chi connectivity index (χ0v) is 10.4. The predicted octanol–water partition coefficient (Wildman–Crippen LogP) is 2.53. The van der Waals surface area contributed by atoms with Gasteiger partial charge in [-0.1, -0.05) is 12.1 Å². The average molecular weight is 250 g/mol. The minimum Gasteiger partial charge on any atom is -0.330 e. The molecule has 1 saturated carbocycles. The Morgan fingerprint density at radius 2 is 1.94 bits per heavy atom. The van der Waals surface area contributed by atoms with Gasteiger partial charge in [-0.15, -0.1) is 0 Å². The summed E-state index contributed by atoms with van der Waals surface area (Å²) < 4.78 is 13.4. The van der Waals surface area contributed by atoms with Gasteiger partial charge in [-0.3, -0.25) is 4.79 Å². The highest BCUT2D eigenvalue weighted by Gasteiger charge is 2.25. The molecule has 4 heteroatoms. The molecule has 1 aromatic carbocycles. The minimum atomic E-state index is -0.388. The molecule has 98 valence electrons. The second-order valence-electron chi connectivity index (χ2n) is 4.92. The number of carbonyl (C=O) groups excluding carboxylic acids is 1. The zero-order chi connectivity index (χ0) is 13.0. The smallest absolute Gasteiger partial charge is 0.227 e. The third kappa shape index (κ3) is 3.07. The summed E-state index contributed by atoms with van der Waals surface area (Å²) in [5.41, 5.74) is 5.89. The van der Waals surface area contributed by atoms with Crippen molar-refractivity contribution >= 4 is 11.6 Å². The van der Waals surface area contributed by atoms with Crippen molar-refractivity contribution in [3.8, 4) is 0 Å². The number of nitrogens with one attached hydrogen (secondary N) is 1. The van der Waals surface area contributed by atoms with Crippen LogP contribution in [-0.4, -0.2) is 12.5 Å². The highest BCUT2D eigenvalue weighted by molar-refractivity contribution is 5.92. The van der Waals surface area contributed by atoms with Crippen LogP contribution in [0.5, 0.6) is 0 Å². The average Bonchev–Trinajstić information content (AvgIpc) is 2.41. The van der Waals surface area contributed by atoms with E-state index in [9.17, 15) is 9.18 Å². The molecule has 0 heterocycles. The van der Waals surface area contributed by atoms with Crippen molar-refractivity contribution in [3.05, 3.63) is 30.1 Å². The Kier molecular flexibility index (Phi) is 4.31. The molecule has 1 fully saturated rings. The van der Waals surface area contributed by atoms with E-state index >= 15 is 0 Å². The number of amides is 1. The Labute approximate surface area is 107 Å². The molecule has 0 aliphatic heterocycles. The zero-order valence-electron chi connectivity index (χ0n) is 10.4. The molecular weight excluding hydrogens is 231 g/mol. The van der Waals surface area contributed by atoms with Gasteiger partial charge in [0.25, 0.3) is 0 Å². The van der Waals surface area contributed by atoms with Crippen molar-refractivity contribution in [2.45, 2.75) is 25.7 Å². The summed E-state index contributed by atoms with van der Waals surface area (Å²) in [6.45, 7) is 0.696. The molecule has 2 rings (SSSR count).